The number of nitrogens with one attached hydrogen (secondary N) is 1. The van der Waals surface area contributed by atoms with Crippen LogP contribution < -0.4 is 5.32 Å². The smallest absolute Gasteiger partial charge is 0.121 e. The van der Waals surface area contributed by atoms with Gasteiger partial charge in [0.15, 0.2) is 0 Å². The maximum Gasteiger partial charge on any atom is 0.121 e. The van der Waals surface area contributed by atoms with Crippen molar-refractivity contribution in [3.05, 3.63) is 59.2 Å². The van der Waals surface area contributed by atoms with Crippen molar-refractivity contribution in [3.8, 4) is 5.75 Å². The summed E-state index contributed by atoms with van der Waals surface area (Å²) < 4.78 is 0. The monoisotopic (exact) mass is 284 g/mol. The van der Waals surface area contributed by atoms with E-state index >= 15 is 0 Å². The highest BCUT2D eigenvalue weighted by Gasteiger charge is 2.12. The van der Waals surface area contributed by atoms with E-state index in [9.17, 15) is 5.11 Å². The molecule has 0 heterocycles. The standard InChI is InChI=1S/C18H24N2O/c1-13-9-10-16(18(21)11-13)14(2)19-17-8-6-5-7-15(17)12-20(3)4/h5-11,14,19,21H,12H2,1-4H3. The zero-order valence-corrected chi connectivity index (χ0v) is 13.2. The number of aryl methyl sites for hydroxylation is 1. The highest BCUT2D eigenvalue weighted by atomic mass is 16.3. The molecule has 1 unspecified atom stereocenters. The predicted octanol–water partition coefficient (Wildman–Crippen LogP) is 3.94. The highest BCUT2D eigenvalue weighted by Crippen LogP contribution is 2.29. The lowest BCUT2D eigenvalue weighted by Gasteiger charge is -2.21. The summed E-state index contributed by atoms with van der Waals surface area (Å²) in [5.74, 6) is 0.347. The van der Waals surface area contributed by atoms with Gasteiger partial charge < -0.3 is 15.3 Å². The molecule has 0 amide bonds. The number of nitrogens with zero attached hydrogens (tertiary/aromatic N) is 1. The summed E-state index contributed by atoms with van der Waals surface area (Å²) in [5, 5.41) is 13.6. The van der Waals surface area contributed by atoms with Crippen LogP contribution in [0, 0.1) is 6.92 Å². The average Bonchev–Trinajstić information content (AvgIpc) is 2.40. The molecular weight excluding hydrogens is 260 g/mol. The first-order chi connectivity index (χ1) is 9.97. The second-order valence-corrected chi connectivity index (χ2v) is 5.82. The number of phenols is 1. The molecule has 0 fully saturated rings. The van der Waals surface area contributed by atoms with Gasteiger partial charge in [0, 0.05) is 17.8 Å². The molecule has 1 atom stereocenters. The Morgan fingerprint density at radius 2 is 1.86 bits per heavy atom. The van der Waals surface area contributed by atoms with E-state index in [2.05, 4.69) is 49.4 Å². The van der Waals surface area contributed by atoms with Gasteiger partial charge in [-0.25, -0.2) is 0 Å². The highest BCUT2D eigenvalue weighted by molar-refractivity contribution is 5.53. The van der Waals surface area contributed by atoms with E-state index in [1.54, 1.807) is 6.07 Å². The second kappa shape index (κ2) is 6.64. The van der Waals surface area contributed by atoms with Gasteiger partial charge in [-0.3, -0.25) is 0 Å². The first-order valence-corrected chi connectivity index (χ1v) is 7.26. The van der Waals surface area contributed by atoms with Gasteiger partial charge in [0.1, 0.15) is 5.75 Å². The van der Waals surface area contributed by atoms with E-state index in [1.807, 2.05) is 25.1 Å². The van der Waals surface area contributed by atoms with Gasteiger partial charge in [0.05, 0.1) is 6.04 Å². The fourth-order valence-corrected chi connectivity index (χ4v) is 2.47. The maximum atomic E-state index is 10.1. The lowest BCUT2D eigenvalue weighted by molar-refractivity contribution is 0.403. The maximum absolute atomic E-state index is 10.1. The SMILES string of the molecule is Cc1ccc(C(C)Nc2ccccc2CN(C)C)c(O)c1. The minimum atomic E-state index is 0.0499. The first-order valence-electron chi connectivity index (χ1n) is 7.26. The van der Waals surface area contributed by atoms with Crippen molar-refractivity contribution < 1.29 is 5.11 Å². The number of rotatable bonds is 5. The Hall–Kier alpha value is -2.00. The number of anilines is 1. The van der Waals surface area contributed by atoms with Crippen LogP contribution in [0.2, 0.25) is 0 Å². The molecule has 2 rings (SSSR count). The van der Waals surface area contributed by atoms with Gasteiger partial charge in [0.25, 0.3) is 0 Å². The quantitative estimate of drug-likeness (QED) is 0.873. The van der Waals surface area contributed by atoms with Crippen molar-refractivity contribution in [1.82, 2.24) is 4.90 Å². The van der Waals surface area contributed by atoms with Gasteiger partial charge in [-0.15, -0.1) is 0 Å². The van der Waals surface area contributed by atoms with Crippen LogP contribution in [-0.2, 0) is 6.54 Å². The van der Waals surface area contributed by atoms with Gasteiger partial charge >= 0.3 is 0 Å². The number of hydrogen-bond acceptors (Lipinski definition) is 3. The Kier molecular flexibility index (Phi) is 4.86. The second-order valence-electron chi connectivity index (χ2n) is 5.82. The summed E-state index contributed by atoms with van der Waals surface area (Å²) in [6, 6.07) is 14.2. The van der Waals surface area contributed by atoms with Crippen molar-refractivity contribution >= 4 is 5.69 Å². The van der Waals surface area contributed by atoms with E-state index in [4.69, 9.17) is 0 Å². The number of aromatic hydroxyl groups is 1. The molecule has 0 radical (unpaired) electrons. The molecule has 112 valence electrons. The molecule has 0 bridgehead atoms. The number of benzene rings is 2. The summed E-state index contributed by atoms with van der Waals surface area (Å²) in [6.45, 7) is 4.93. The van der Waals surface area contributed by atoms with Gasteiger partial charge in [-0.1, -0.05) is 30.3 Å². The fourth-order valence-electron chi connectivity index (χ4n) is 2.47. The van der Waals surface area contributed by atoms with Gasteiger partial charge in [-0.05, 0) is 51.2 Å². The largest absolute Gasteiger partial charge is 0.508 e. The molecule has 2 N–H and O–H groups in total. The van der Waals surface area contributed by atoms with E-state index in [1.165, 1.54) is 5.56 Å². The Bertz CT molecular complexity index is 608. The first kappa shape index (κ1) is 15.4. The summed E-state index contributed by atoms with van der Waals surface area (Å²) in [5.41, 5.74) is 4.34. The van der Waals surface area contributed by atoms with Crippen LogP contribution >= 0.6 is 0 Å². The summed E-state index contributed by atoms with van der Waals surface area (Å²) in [7, 11) is 4.12. The van der Waals surface area contributed by atoms with Gasteiger partial charge in [0.2, 0.25) is 0 Å². The molecule has 0 aliphatic heterocycles. The minimum Gasteiger partial charge on any atom is -0.508 e. The number of phenolic OH excluding ortho intramolecular Hbond substituents is 1. The van der Waals surface area contributed by atoms with Crippen LogP contribution in [0.4, 0.5) is 5.69 Å². The van der Waals surface area contributed by atoms with Gasteiger partial charge in [-0.2, -0.15) is 0 Å². The molecule has 21 heavy (non-hydrogen) atoms. The van der Waals surface area contributed by atoms with E-state index in [-0.39, 0.29) is 6.04 Å². The zero-order chi connectivity index (χ0) is 15.4. The topological polar surface area (TPSA) is 35.5 Å². The minimum absolute atomic E-state index is 0.0499. The Labute approximate surface area is 127 Å². The average molecular weight is 284 g/mol. The molecule has 0 aliphatic carbocycles. The van der Waals surface area contributed by atoms with Crippen molar-refractivity contribution in [2.45, 2.75) is 26.4 Å². The molecule has 3 nitrogen and oxygen atoms in total. The lowest BCUT2D eigenvalue weighted by atomic mass is 10.0. The Morgan fingerprint density at radius 3 is 2.52 bits per heavy atom. The van der Waals surface area contributed by atoms with E-state index in [0.717, 1.165) is 23.4 Å². The van der Waals surface area contributed by atoms with Crippen LogP contribution in [0.25, 0.3) is 0 Å². The molecule has 2 aromatic rings. The normalized spacial score (nSPS) is 12.4. The Morgan fingerprint density at radius 1 is 1.14 bits per heavy atom. The third-order valence-electron chi connectivity index (χ3n) is 3.53. The number of para-hydroxylation sites is 1. The molecule has 3 heteroatoms. The molecule has 0 saturated heterocycles. The van der Waals surface area contributed by atoms with Crippen LogP contribution in [0.5, 0.6) is 5.75 Å². The van der Waals surface area contributed by atoms with E-state index in [0.29, 0.717) is 5.75 Å². The molecule has 2 aromatic carbocycles. The number of hydrogen-bond donors (Lipinski definition) is 2. The molecule has 0 spiro atoms. The fraction of sp³-hybridized carbons (Fsp3) is 0.333. The van der Waals surface area contributed by atoms with Crippen LogP contribution in [0.15, 0.2) is 42.5 Å². The van der Waals surface area contributed by atoms with Crippen LogP contribution in [0.3, 0.4) is 0 Å². The summed E-state index contributed by atoms with van der Waals surface area (Å²) in [6.07, 6.45) is 0. The Balaban J connectivity index is 2.21. The van der Waals surface area contributed by atoms with Crippen LogP contribution in [0.1, 0.15) is 29.7 Å². The van der Waals surface area contributed by atoms with Crippen LogP contribution in [-0.4, -0.2) is 24.1 Å². The summed E-state index contributed by atoms with van der Waals surface area (Å²) in [4.78, 5) is 2.15. The van der Waals surface area contributed by atoms with Crippen molar-refractivity contribution in [2.24, 2.45) is 0 Å². The lowest BCUT2D eigenvalue weighted by Crippen LogP contribution is -2.14. The molecule has 0 aliphatic rings. The predicted molar refractivity (Wildman–Crippen MR) is 88.7 cm³/mol. The molecule has 0 aromatic heterocycles. The molecular formula is C18H24N2O. The van der Waals surface area contributed by atoms with Crippen molar-refractivity contribution in [1.29, 1.82) is 0 Å². The zero-order valence-electron chi connectivity index (χ0n) is 13.2. The third-order valence-corrected chi connectivity index (χ3v) is 3.53. The van der Waals surface area contributed by atoms with Crippen molar-refractivity contribution in [3.63, 3.8) is 0 Å². The molecule has 0 saturated carbocycles. The van der Waals surface area contributed by atoms with Crippen molar-refractivity contribution in [2.75, 3.05) is 19.4 Å². The third kappa shape index (κ3) is 3.99. The van der Waals surface area contributed by atoms with E-state index < -0.39 is 0 Å². The summed E-state index contributed by atoms with van der Waals surface area (Å²) >= 11 is 0.